The molecule has 0 bridgehead atoms. The number of hydrogen-bond acceptors (Lipinski definition) is 7. The van der Waals surface area contributed by atoms with E-state index in [-0.39, 0.29) is 17.9 Å². The molecule has 0 aromatic heterocycles. The van der Waals surface area contributed by atoms with Gasteiger partial charge >= 0.3 is 12.1 Å². The maximum absolute atomic E-state index is 13.5. The Labute approximate surface area is 175 Å². The van der Waals surface area contributed by atoms with Crippen molar-refractivity contribution in [2.24, 2.45) is 5.92 Å². The van der Waals surface area contributed by atoms with Crippen LogP contribution in [0.1, 0.15) is 40.2 Å². The minimum atomic E-state index is -1.96. The van der Waals surface area contributed by atoms with Crippen molar-refractivity contribution in [2.45, 2.75) is 51.2 Å². The molecule has 0 saturated heterocycles. The number of halogens is 1. The van der Waals surface area contributed by atoms with Gasteiger partial charge in [0.2, 0.25) is 0 Å². The number of carbonyl (C=O) groups excluding carboxylic acids is 3. The van der Waals surface area contributed by atoms with Crippen LogP contribution in [0.15, 0.2) is 22.7 Å². The van der Waals surface area contributed by atoms with Crippen LogP contribution < -0.4 is 4.90 Å². The quantitative estimate of drug-likeness (QED) is 0.379. The number of hydrogen-bond donors (Lipinski definition) is 0. The first kappa shape index (κ1) is 21.2. The lowest BCUT2D eigenvalue weighted by atomic mass is 9.91. The van der Waals surface area contributed by atoms with E-state index in [0.717, 1.165) is 4.90 Å². The van der Waals surface area contributed by atoms with E-state index in [1.54, 1.807) is 33.8 Å². The monoisotopic (exact) mass is 468 g/mol. The fourth-order valence-electron chi connectivity index (χ4n) is 4.16. The summed E-state index contributed by atoms with van der Waals surface area (Å²) in [6.45, 7) is 7.74. The van der Waals surface area contributed by atoms with Gasteiger partial charge in [-0.25, -0.2) is 9.69 Å². The molecule has 1 heterocycles. The smallest absolute Gasteiger partial charge is 0.421 e. The molecule has 1 unspecified atom stereocenters. The van der Waals surface area contributed by atoms with Crippen molar-refractivity contribution in [3.63, 3.8) is 0 Å². The van der Waals surface area contributed by atoms with Crippen LogP contribution in [0.4, 0.5) is 10.5 Å². The van der Waals surface area contributed by atoms with Crippen molar-refractivity contribution >= 4 is 39.6 Å². The first-order valence-corrected chi connectivity index (χ1v) is 9.82. The third-order valence-corrected chi connectivity index (χ3v) is 5.85. The second-order valence-corrected chi connectivity index (χ2v) is 9.10. The third kappa shape index (κ3) is 2.76. The molecule has 1 aromatic rings. The van der Waals surface area contributed by atoms with E-state index in [2.05, 4.69) is 15.9 Å². The topological polar surface area (TPSA) is 116 Å². The van der Waals surface area contributed by atoms with Crippen molar-refractivity contribution in [1.82, 2.24) is 0 Å². The first-order valence-electron chi connectivity index (χ1n) is 9.02. The number of amides is 2. The Morgan fingerprint density at radius 1 is 1.34 bits per heavy atom. The molecular weight excluding hydrogens is 448 g/mol. The molecule has 1 aliphatic carbocycles. The molecule has 10 heteroatoms. The van der Waals surface area contributed by atoms with Crippen LogP contribution >= 0.6 is 15.9 Å². The minimum Gasteiger partial charge on any atom is -0.466 e. The van der Waals surface area contributed by atoms with Gasteiger partial charge in [-0.15, -0.1) is 0 Å². The molecule has 0 radical (unpaired) electrons. The highest BCUT2D eigenvalue weighted by molar-refractivity contribution is 9.10. The third-order valence-electron chi connectivity index (χ3n) is 5.35. The van der Waals surface area contributed by atoms with Gasteiger partial charge in [0.15, 0.2) is 11.3 Å². The van der Waals surface area contributed by atoms with E-state index < -0.39 is 45.4 Å². The normalized spacial score (nSPS) is 27.6. The van der Waals surface area contributed by atoms with Crippen LogP contribution in [-0.4, -0.2) is 40.6 Å². The first-order chi connectivity index (χ1) is 13.3. The van der Waals surface area contributed by atoms with Gasteiger partial charge < -0.3 is 9.47 Å². The van der Waals surface area contributed by atoms with Crippen molar-refractivity contribution in [3.8, 4) is 0 Å². The molecule has 1 saturated carbocycles. The van der Waals surface area contributed by atoms with Crippen molar-refractivity contribution in [2.75, 3.05) is 11.5 Å². The fourth-order valence-corrected chi connectivity index (χ4v) is 4.52. The summed E-state index contributed by atoms with van der Waals surface area (Å²) in [5.41, 5.74) is -4.31. The highest BCUT2D eigenvalue weighted by Gasteiger charge is 2.94. The van der Waals surface area contributed by atoms with E-state index in [1.807, 2.05) is 0 Å². The van der Waals surface area contributed by atoms with Crippen LogP contribution in [0, 0.1) is 16.0 Å². The van der Waals surface area contributed by atoms with Gasteiger partial charge in [-0.2, -0.15) is 0 Å². The van der Waals surface area contributed by atoms with Gasteiger partial charge in [-0.05, 0) is 45.9 Å². The molecule has 3 rings (SSSR count). The highest BCUT2D eigenvalue weighted by Crippen LogP contribution is 2.70. The molecule has 3 atom stereocenters. The average molecular weight is 469 g/mol. The number of esters is 1. The zero-order chi connectivity index (χ0) is 21.9. The Morgan fingerprint density at radius 3 is 2.48 bits per heavy atom. The number of imide groups is 1. The number of rotatable bonds is 3. The van der Waals surface area contributed by atoms with E-state index in [9.17, 15) is 24.5 Å². The molecule has 1 aromatic carbocycles. The molecule has 1 spiro atoms. The maximum atomic E-state index is 13.5. The molecule has 1 fully saturated rings. The molecule has 2 amide bonds. The zero-order valence-corrected chi connectivity index (χ0v) is 18.2. The Kier molecular flexibility index (Phi) is 4.77. The summed E-state index contributed by atoms with van der Waals surface area (Å²) >= 11 is 3.30. The molecule has 2 aliphatic rings. The Balaban J connectivity index is 2.22. The van der Waals surface area contributed by atoms with Gasteiger partial charge in [0.1, 0.15) is 5.60 Å². The van der Waals surface area contributed by atoms with Crippen molar-refractivity contribution < 1.29 is 28.8 Å². The van der Waals surface area contributed by atoms with E-state index in [1.165, 1.54) is 19.1 Å². The largest absolute Gasteiger partial charge is 0.466 e. The molecule has 0 N–H and O–H groups in total. The van der Waals surface area contributed by atoms with E-state index in [0.29, 0.717) is 4.47 Å². The second kappa shape index (κ2) is 6.51. The van der Waals surface area contributed by atoms with Gasteiger partial charge in [-0.1, -0.05) is 15.9 Å². The number of nitrogens with zero attached hydrogens (tertiary/aromatic N) is 2. The number of benzene rings is 1. The van der Waals surface area contributed by atoms with E-state index >= 15 is 0 Å². The number of fused-ring (bicyclic) bond motifs is 2. The van der Waals surface area contributed by atoms with Crippen LogP contribution in [0.3, 0.4) is 0 Å². The van der Waals surface area contributed by atoms with Gasteiger partial charge in [-0.3, -0.25) is 19.7 Å². The molecule has 29 heavy (non-hydrogen) atoms. The van der Waals surface area contributed by atoms with Gasteiger partial charge in [0.05, 0.1) is 12.3 Å². The number of carbonyl (C=O) groups is 3. The lowest BCUT2D eigenvalue weighted by molar-refractivity contribution is -0.540. The molecular formula is C19H21BrN2O7. The SMILES string of the molecule is CCOC(=O)[C@H]1C(C)([N+](=O)[O-])[C@@]12C(=O)N(C(=O)OC(C)(C)C)c1ccc(Br)cc12. The summed E-state index contributed by atoms with van der Waals surface area (Å²) in [6, 6.07) is 4.63. The predicted molar refractivity (Wildman–Crippen MR) is 105 cm³/mol. The number of ether oxygens (including phenoxy) is 2. The zero-order valence-electron chi connectivity index (χ0n) is 16.6. The summed E-state index contributed by atoms with van der Waals surface area (Å²) in [5.74, 6) is -3.08. The summed E-state index contributed by atoms with van der Waals surface area (Å²) in [6.07, 6.45) is -0.955. The summed E-state index contributed by atoms with van der Waals surface area (Å²) in [7, 11) is 0. The molecule has 9 nitrogen and oxygen atoms in total. The second-order valence-electron chi connectivity index (χ2n) is 8.18. The van der Waals surface area contributed by atoms with Crippen molar-refractivity contribution in [1.29, 1.82) is 0 Å². The van der Waals surface area contributed by atoms with Crippen LogP contribution in [-0.2, 0) is 24.5 Å². The Morgan fingerprint density at radius 2 is 1.97 bits per heavy atom. The summed E-state index contributed by atoms with van der Waals surface area (Å²) < 4.78 is 10.9. The number of anilines is 1. The van der Waals surface area contributed by atoms with Gasteiger partial charge in [0, 0.05) is 21.9 Å². The van der Waals surface area contributed by atoms with Crippen LogP contribution in [0.2, 0.25) is 0 Å². The Bertz CT molecular complexity index is 941. The van der Waals surface area contributed by atoms with Crippen LogP contribution in [0.5, 0.6) is 0 Å². The maximum Gasteiger partial charge on any atom is 0.421 e. The highest BCUT2D eigenvalue weighted by atomic mass is 79.9. The average Bonchev–Trinajstić information content (AvgIpc) is 3.08. The molecule has 156 valence electrons. The van der Waals surface area contributed by atoms with Crippen LogP contribution in [0.25, 0.3) is 0 Å². The predicted octanol–water partition coefficient (Wildman–Crippen LogP) is 3.20. The van der Waals surface area contributed by atoms with Gasteiger partial charge in [0.25, 0.3) is 11.4 Å². The minimum absolute atomic E-state index is 0.00845. The lowest BCUT2D eigenvalue weighted by Gasteiger charge is -2.24. The molecule has 1 aliphatic heterocycles. The lowest BCUT2D eigenvalue weighted by Crippen LogP contribution is -2.44. The standard InChI is InChI=1S/C19H21BrN2O7/c1-6-28-14(23)13-18(5,22(26)27)19(13)11-9-10(20)7-8-12(11)21(15(19)24)16(25)29-17(2,3)4/h7-9,13H,6H2,1-5H3/t13-,18?,19+/m0/s1. The van der Waals surface area contributed by atoms with Crippen molar-refractivity contribution in [3.05, 3.63) is 38.3 Å². The fraction of sp³-hybridized carbons (Fsp3) is 0.526. The Hall–Kier alpha value is -2.49. The summed E-state index contributed by atoms with van der Waals surface area (Å²) in [4.78, 5) is 51.1. The summed E-state index contributed by atoms with van der Waals surface area (Å²) in [5, 5.41) is 12.0. The van der Waals surface area contributed by atoms with E-state index in [4.69, 9.17) is 9.47 Å². The number of nitro groups is 1.